The van der Waals surface area contributed by atoms with Crippen molar-refractivity contribution in [3.63, 3.8) is 0 Å². The highest BCUT2D eigenvalue weighted by Crippen LogP contribution is 2.42. The van der Waals surface area contributed by atoms with Gasteiger partial charge in [0.05, 0.1) is 12.3 Å². The normalized spacial score (nSPS) is 13.5. The molecule has 5 nitrogen and oxygen atoms in total. The summed E-state index contributed by atoms with van der Waals surface area (Å²) in [5.74, 6) is 1.51. The number of phenolic OH excluding ortho intramolecular Hbond substituents is 1. The molecule has 0 saturated heterocycles. The van der Waals surface area contributed by atoms with E-state index in [2.05, 4.69) is 10.2 Å². The minimum atomic E-state index is 0.262. The van der Waals surface area contributed by atoms with E-state index in [4.69, 9.17) is 10.5 Å². The zero-order valence-electron chi connectivity index (χ0n) is 9.45. The molecule has 0 amide bonds. The Morgan fingerprint density at radius 2 is 2.29 bits per heavy atom. The Labute approximate surface area is 98.2 Å². The van der Waals surface area contributed by atoms with Crippen LogP contribution in [0.15, 0.2) is 12.1 Å². The molecule has 2 aromatic rings. The van der Waals surface area contributed by atoms with Crippen molar-refractivity contribution in [1.82, 2.24) is 10.2 Å². The van der Waals surface area contributed by atoms with Crippen molar-refractivity contribution >= 4 is 5.82 Å². The van der Waals surface area contributed by atoms with Crippen LogP contribution >= 0.6 is 0 Å². The van der Waals surface area contributed by atoms with Crippen LogP contribution in [-0.2, 0) is 6.42 Å². The van der Waals surface area contributed by atoms with Gasteiger partial charge in [0.15, 0.2) is 0 Å². The van der Waals surface area contributed by atoms with E-state index in [1.807, 2.05) is 13.0 Å². The number of aromatic hydroxyl groups is 1. The monoisotopic (exact) mass is 231 g/mol. The Morgan fingerprint density at radius 1 is 1.47 bits per heavy atom. The Morgan fingerprint density at radius 3 is 3.00 bits per heavy atom. The number of phenols is 1. The average Bonchev–Trinajstić information content (AvgIpc) is 2.89. The van der Waals surface area contributed by atoms with Gasteiger partial charge in [-0.1, -0.05) is 0 Å². The fourth-order valence-corrected chi connectivity index (χ4v) is 2.21. The lowest BCUT2D eigenvalue weighted by atomic mass is 9.98. The fraction of sp³-hybridized carbons (Fsp3) is 0.250. The van der Waals surface area contributed by atoms with E-state index in [-0.39, 0.29) is 5.75 Å². The van der Waals surface area contributed by atoms with Crippen molar-refractivity contribution in [3.8, 4) is 22.8 Å². The molecule has 2 heterocycles. The van der Waals surface area contributed by atoms with Crippen LogP contribution in [0.3, 0.4) is 0 Å². The van der Waals surface area contributed by atoms with Gasteiger partial charge in [0.1, 0.15) is 17.3 Å². The van der Waals surface area contributed by atoms with Crippen LogP contribution in [0.25, 0.3) is 11.3 Å². The number of anilines is 1. The molecule has 88 valence electrons. The van der Waals surface area contributed by atoms with E-state index in [1.54, 1.807) is 6.07 Å². The molecule has 5 heteroatoms. The highest BCUT2D eigenvalue weighted by atomic mass is 16.5. The SMILES string of the molecule is Cc1cc2c(c(-c3cc(N)n[nH]3)c1O)CCO2. The Bertz CT molecular complexity index is 590. The van der Waals surface area contributed by atoms with Gasteiger partial charge in [-0.15, -0.1) is 0 Å². The molecule has 0 bridgehead atoms. The zero-order chi connectivity index (χ0) is 12.0. The van der Waals surface area contributed by atoms with Crippen LogP contribution < -0.4 is 10.5 Å². The lowest BCUT2D eigenvalue weighted by molar-refractivity contribution is 0.356. The average molecular weight is 231 g/mol. The Balaban J connectivity index is 2.28. The summed E-state index contributed by atoms with van der Waals surface area (Å²) in [7, 11) is 0. The first kappa shape index (κ1) is 10.0. The Hall–Kier alpha value is -2.17. The van der Waals surface area contributed by atoms with Gasteiger partial charge in [0.25, 0.3) is 0 Å². The summed E-state index contributed by atoms with van der Waals surface area (Å²) < 4.78 is 5.53. The lowest BCUT2D eigenvalue weighted by Crippen LogP contribution is -1.90. The van der Waals surface area contributed by atoms with Gasteiger partial charge >= 0.3 is 0 Å². The second-order valence-electron chi connectivity index (χ2n) is 4.20. The number of nitrogen functional groups attached to an aromatic ring is 1. The quantitative estimate of drug-likeness (QED) is 0.696. The third-order valence-electron chi connectivity index (χ3n) is 3.03. The number of fused-ring (bicyclic) bond motifs is 1. The van der Waals surface area contributed by atoms with Crippen molar-refractivity contribution in [3.05, 3.63) is 23.3 Å². The van der Waals surface area contributed by atoms with Crippen molar-refractivity contribution in [2.24, 2.45) is 0 Å². The standard InChI is InChI=1S/C12H13N3O2/c1-6-4-9-7(2-3-17-9)11(12(6)16)8-5-10(13)15-14-8/h4-5,16H,2-3H2,1H3,(H3,13,14,15). The zero-order valence-corrected chi connectivity index (χ0v) is 9.45. The number of nitrogens with two attached hydrogens (primary N) is 1. The molecule has 17 heavy (non-hydrogen) atoms. The summed E-state index contributed by atoms with van der Waals surface area (Å²) in [5.41, 5.74) is 8.87. The van der Waals surface area contributed by atoms with Crippen LogP contribution in [0.4, 0.5) is 5.82 Å². The molecule has 0 unspecified atom stereocenters. The maximum Gasteiger partial charge on any atom is 0.145 e. The first-order chi connectivity index (χ1) is 8.16. The van der Waals surface area contributed by atoms with Crippen LogP contribution in [-0.4, -0.2) is 21.9 Å². The minimum Gasteiger partial charge on any atom is -0.507 e. The first-order valence-corrected chi connectivity index (χ1v) is 5.46. The largest absolute Gasteiger partial charge is 0.507 e. The van der Waals surface area contributed by atoms with E-state index < -0.39 is 0 Å². The maximum atomic E-state index is 10.2. The topological polar surface area (TPSA) is 84.2 Å². The number of aromatic nitrogens is 2. The molecule has 1 aromatic heterocycles. The highest BCUT2D eigenvalue weighted by Gasteiger charge is 2.23. The lowest BCUT2D eigenvalue weighted by Gasteiger charge is -2.10. The van der Waals surface area contributed by atoms with Gasteiger partial charge in [-0.25, -0.2) is 0 Å². The third kappa shape index (κ3) is 1.43. The molecular weight excluding hydrogens is 218 g/mol. The highest BCUT2D eigenvalue weighted by molar-refractivity contribution is 5.77. The van der Waals surface area contributed by atoms with Crippen molar-refractivity contribution in [2.75, 3.05) is 12.3 Å². The van der Waals surface area contributed by atoms with Crippen LogP contribution in [0, 0.1) is 6.92 Å². The van der Waals surface area contributed by atoms with Crippen molar-refractivity contribution < 1.29 is 9.84 Å². The van der Waals surface area contributed by atoms with E-state index in [0.29, 0.717) is 12.4 Å². The number of hydrogen-bond donors (Lipinski definition) is 3. The number of nitrogens with one attached hydrogen (secondary N) is 1. The van der Waals surface area contributed by atoms with Crippen LogP contribution in [0.5, 0.6) is 11.5 Å². The molecule has 1 aromatic carbocycles. The predicted molar refractivity (Wildman–Crippen MR) is 64.0 cm³/mol. The molecule has 0 aliphatic carbocycles. The number of hydrogen-bond acceptors (Lipinski definition) is 4. The second-order valence-corrected chi connectivity index (χ2v) is 4.20. The predicted octanol–water partition coefficient (Wildman–Crippen LogP) is 1.61. The van der Waals surface area contributed by atoms with Gasteiger partial charge in [-0.2, -0.15) is 5.10 Å². The summed E-state index contributed by atoms with van der Waals surface area (Å²) in [4.78, 5) is 0. The summed E-state index contributed by atoms with van der Waals surface area (Å²) >= 11 is 0. The van der Waals surface area contributed by atoms with Crippen LogP contribution in [0.2, 0.25) is 0 Å². The van der Waals surface area contributed by atoms with E-state index >= 15 is 0 Å². The number of benzene rings is 1. The molecular formula is C12H13N3O2. The van der Waals surface area contributed by atoms with E-state index in [1.165, 1.54) is 0 Å². The third-order valence-corrected chi connectivity index (χ3v) is 3.03. The van der Waals surface area contributed by atoms with Gasteiger partial charge in [-0.05, 0) is 18.6 Å². The molecule has 0 radical (unpaired) electrons. The summed E-state index contributed by atoms with van der Waals surface area (Å²) in [5, 5.41) is 16.9. The number of aromatic amines is 1. The second kappa shape index (κ2) is 3.41. The molecule has 1 aliphatic heterocycles. The summed E-state index contributed by atoms with van der Waals surface area (Å²) in [6, 6.07) is 3.58. The molecule has 4 N–H and O–H groups in total. The van der Waals surface area contributed by atoms with Gasteiger partial charge < -0.3 is 15.6 Å². The van der Waals surface area contributed by atoms with E-state index in [9.17, 15) is 5.11 Å². The number of ether oxygens (including phenoxy) is 1. The number of nitrogens with zero attached hydrogens (tertiary/aromatic N) is 1. The summed E-state index contributed by atoms with van der Waals surface area (Å²) in [6.07, 6.45) is 0.789. The molecule has 1 aliphatic rings. The van der Waals surface area contributed by atoms with Gasteiger partial charge in [-0.3, -0.25) is 5.10 Å². The molecule has 0 saturated carbocycles. The smallest absolute Gasteiger partial charge is 0.145 e. The molecule has 3 rings (SSSR count). The fourth-order valence-electron chi connectivity index (χ4n) is 2.21. The number of aryl methyl sites for hydroxylation is 1. The van der Waals surface area contributed by atoms with Gasteiger partial charge in [0.2, 0.25) is 0 Å². The Kier molecular flexibility index (Phi) is 2.01. The van der Waals surface area contributed by atoms with Gasteiger partial charge in [0, 0.05) is 23.6 Å². The minimum absolute atomic E-state index is 0.262. The molecule has 0 fully saturated rings. The maximum absolute atomic E-state index is 10.2. The van der Waals surface area contributed by atoms with E-state index in [0.717, 1.165) is 34.6 Å². The number of rotatable bonds is 1. The number of H-pyrrole nitrogens is 1. The van der Waals surface area contributed by atoms with Crippen molar-refractivity contribution in [1.29, 1.82) is 0 Å². The van der Waals surface area contributed by atoms with Crippen molar-refractivity contribution in [2.45, 2.75) is 13.3 Å². The molecule has 0 atom stereocenters. The summed E-state index contributed by atoms with van der Waals surface area (Å²) in [6.45, 7) is 2.50. The first-order valence-electron chi connectivity index (χ1n) is 5.46. The molecule has 0 spiro atoms. The van der Waals surface area contributed by atoms with Crippen LogP contribution in [0.1, 0.15) is 11.1 Å².